The fourth-order valence-electron chi connectivity index (χ4n) is 1.76. The van der Waals surface area contributed by atoms with Gasteiger partial charge in [0.2, 0.25) is 5.91 Å². The zero-order valence-electron chi connectivity index (χ0n) is 11.8. The molecule has 6 heteroatoms. The lowest BCUT2D eigenvalue weighted by molar-refractivity contribution is -0.119. The lowest BCUT2D eigenvalue weighted by Gasteiger charge is -2.20. The Morgan fingerprint density at radius 2 is 2.10 bits per heavy atom. The van der Waals surface area contributed by atoms with E-state index in [1.807, 2.05) is 30.3 Å². The average molecular weight is 310 g/mol. The standard InChI is InChI=1S/C15H20ClN3O2/c1-11(19-14(20)7-16)15(21)13(8-17)10-18-9-12-5-3-2-4-6-12/h2-6,8,10-11,15,17-18,21H,7,9H2,1H3,(H,19,20)/b13-10+,17-8?. The lowest BCUT2D eigenvalue weighted by atomic mass is 10.1. The third kappa shape index (κ3) is 5.97. The van der Waals surface area contributed by atoms with Crippen molar-refractivity contribution in [1.29, 1.82) is 5.41 Å². The minimum atomic E-state index is -0.974. The molecule has 0 aliphatic rings. The molecule has 0 saturated carbocycles. The van der Waals surface area contributed by atoms with E-state index in [9.17, 15) is 9.90 Å². The normalized spacial score (nSPS) is 14.1. The summed E-state index contributed by atoms with van der Waals surface area (Å²) in [7, 11) is 0. The molecule has 4 N–H and O–H groups in total. The molecule has 1 aromatic carbocycles. The summed E-state index contributed by atoms with van der Waals surface area (Å²) in [5.74, 6) is -0.516. The van der Waals surface area contributed by atoms with Crippen LogP contribution in [0.2, 0.25) is 0 Å². The molecular formula is C15H20ClN3O2. The smallest absolute Gasteiger partial charge is 0.235 e. The van der Waals surface area contributed by atoms with Crippen molar-refractivity contribution in [3.8, 4) is 0 Å². The Bertz CT molecular complexity index is 491. The molecule has 0 aliphatic carbocycles. The van der Waals surface area contributed by atoms with Crippen LogP contribution in [0.15, 0.2) is 42.1 Å². The van der Waals surface area contributed by atoms with Crippen LogP contribution >= 0.6 is 11.6 Å². The summed E-state index contributed by atoms with van der Waals surface area (Å²) in [5.41, 5.74) is 1.48. The van der Waals surface area contributed by atoms with Crippen molar-refractivity contribution in [2.24, 2.45) is 0 Å². The number of halogens is 1. The van der Waals surface area contributed by atoms with Crippen molar-refractivity contribution < 1.29 is 9.90 Å². The van der Waals surface area contributed by atoms with E-state index in [0.717, 1.165) is 11.8 Å². The number of aliphatic hydroxyl groups is 1. The van der Waals surface area contributed by atoms with E-state index >= 15 is 0 Å². The minimum Gasteiger partial charge on any atom is -0.386 e. The molecule has 0 fully saturated rings. The van der Waals surface area contributed by atoms with Gasteiger partial charge in [-0.05, 0) is 12.5 Å². The highest BCUT2D eigenvalue weighted by atomic mass is 35.5. The summed E-state index contributed by atoms with van der Waals surface area (Å²) in [4.78, 5) is 11.2. The largest absolute Gasteiger partial charge is 0.386 e. The molecule has 21 heavy (non-hydrogen) atoms. The molecule has 2 atom stereocenters. The van der Waals surface area contributed by atoms with E-state index in [4.69, 9.17) is 17.0 Å². The summed E-state index contributed by atoms with van der Waals surface area (Å²) in [6.07, 6.45) is 1.66. The van der Waals surface area contributed by atoms with Crippen molar-refractivity contribution >= 4 is 23.7 Å². The second-order valence-electron chi connectivity index (χ2n) is 4.59. The minimum absolute atomic E-state index is 0.160. The number of alkyl halides is 1. The predicted molar refractivity (Wildman–Crippen MR) is 84.5 cm³/mol. The van der Waals surface area contributed by atoms with Crippen molar-refractivity contribution in [3.63, 3.8) is 0 Å². The fourth-order valence-corrected chi connectivity index (χ4v) is 1.83. The Balaban J connectivity index is 2.57. The summed E-state index contributed by atoms with van der Waals surface area (Å²) in [6.45, 7) is 2.25. The van der Waals surface area contributed by atoms with Gasteiger partial charge >= 0.3 is 0 Å². The number of carbonyl (C=O) groups excluding carboxylic acids is 1. The number of amides is 1. The Morgan fingerprint density at radius 1 is 1.43 bits per heavy atom. The average Bonchev–Trinajstić information content (AvgIpc) is 2.51. The van der Waals surface area contributed by atoms with Crippen LogP contribution in [0.25, 0.3) is 0 Å². The Morgan fingerprint density at radius 3 is 2.67 bits per heavy atom. The first-order chi connectivity index (χ1) is 10.1. The summed E-state index contributed by atoms with van der Waals surface area (Å²) < 4.78 is 0. The number of benzene rings is 1. The highest BCUT2D eigenvalue weighted by Crippen LogP contribution is 2.05. The van der Waals surface area contributed by atoms with Crippen molar-refractivity contribution in [3.05, 3.63) is 47.7 Å². The van der Waals surface area contributed by atoms with Gasteiger partial charge in [0, 0.05) is 24.5 Å². The Labute approximate surface area is 129 Å². The first-order valence-corrected chi connectivity index (χ1v) is 7.13. The van der Waals surface area contributed by atoms with E-state index in [1.165, 1.54) is 0 Å². The summed E-state index contributed by atoms with van der Waals surface area (Å²) >= 11 is 5.40. The molecule has 114 valence electrons. The van der Waals surface area contributed by atoms with Crippen LogP contribution in [-0.2, 0) is 11.3 Å². The van der Waals surface area contributed by atoms with Gasteiger partial charge < -0.3 is 21.1 Å². The van der Waals surface area contributed by atoms with E-state index in [0.29, 0.717) is 12.1 Å². The molecule has 0 bridgehead atoms. The van der Waals surface area contributed by atoms with Gasteiger partial charge in [0.05, 0.1) is 6.04 Å². The molecular weight excluding hydrogens is 290 g/mol. The SMILES string of the molecule is CC(NC(=O)CCl)C(O)/C(C=N)=C/NCc1ccccc1. The maximum Gasteiger partial charge on any atom is 0.235 e. The molecule has 5 nitrogen and oxygen atoms in total. The van der Waals surface area contributed by atoms with Gasteiger partial charge in [-0.15, -0.1) is 11.6 Å². The molecule has 1 amide bonds. The first-order valence-electron chi connectivity index (χ1n) is 6.59. The van der Waals surface area contributed by atoms with Gasteiger partial charge in [-0.25, -0.2) is 0 Å². The molecule has 0 spiro atoms. The summed E-state index contributed by atoms with van der Waals surface area (Å²) in [6, 6.07) is 9.25. The van der Waals surface area contributed by atoms with Crippen LogP contribution in [0, 0.1) is 5.41 Å². The van der Waals surface area contributed by atoms with Crippen LogP contribution in [0.1, 0.15) is 12.5 Å². The summed E-state index contributed by atoms with van der Waals surface area (Å²) in [5, 5.41) is 23.1. The Kier molecular flexibility index (Phi) is 7.50. The lowest BCUT2D eigenvalue weighted by Crippen LogP contribution is -2.43. The Hall–Kier alpha value is -1.85. The third-order valence-electron chi connectivity index (χ3n) is 2.91. The third-order valence-corrected chi connectivity index (χ3v) is 3.15. The van der Waals surface area contributed by atoms with Crippen LogP contribution in [-0.4, -0.2) is 35.3 Å². The highest BCUT2D eigenvalue weighted by Gasteiger charge is 2.19. The van der Waals surface area contributed by atoms with Crippen LogP contribution in [0.5, 0.6) is 0 Å². The zero-order chi connectivity index (χ0) is 15.7. The number of carbonyl (C=O) groups is 1. The van der Waals surface area contributed by atoms with E-state index in [-0.39, 0.29) is 11.8 Å². The number of rotatable bonds is 8. The molecule has 0 saturated heterocycles. The molecule has 0 radical (unpaired) electrons. The zero-order valence-corrected chi connectivity index (χ0v) is 12.6. The highest BCUT2D eigenvalue weighted by molar-refractivity contribution is 6.27. The molecule has 1 rings (SSSR count). The molecule has 1 aromatic rings. The molecule has 0 aromatic heterocycles. The number of hydrogen-bond acceptors (Lipinski definition) is 4. The van der Waals surface area contributed by atoms with Crippen LogP contribution in [0.3, 0.4) is 0 Å². The quantitative estimate of drug-likeness (QED) is 0.433. The van der Waals surface area contributed by atoms with Gasteiger partial charge in [-0.1, -0.05) is 30.3 Å². The van der Waals surface area contributed by atoms with Crippen LogP contribution in [0.4, 0.5) is 0 Å². The van der Waals surface area contributed by atoms with Gasteiger partial charge in [-0.2, -0.15) is 0 Å². The second kappa shape index (κ2) is 9.15. The van der Waals surface area contributed by atoms with Gasteiger partial charge in [-0.3, -0.25) is 4.79 Å². The maximum absolute atomic E-state index is 11.2. The topological polar surface area (TPSA) is 85.2 Å². The van der Waals surface area contributed by atoms with E-state index in [2.05, 4.69) is 10.6 Å². The van der Waals surface area contributed by atoms with Gasteiger partial charge in [0.1, 0.15) is 12.0 Å². The van der Waals surface area contributed by atoms with E-state index in [1.54, 1.807) is 13.1 Å². The van der Waals surface area contributed by atoms with Crippen LogP contribution < -0.4 is 10.6 Å². The van der Waals surface area contributed by atoms with Crippen molar-refractivity contribution in [2.75, 3.05) is 5.88 Å². The van der Waals surface area contributed by atoms with E-state index < -0.39 is 12.1 Å². The molecule has 2 unspecified atom stereocenters. The first kappa shape index (κ1) is 17.2. The molecule has 0 aliphatic heterocycles. The maximum atomic E-state index is 11.2. The van der Waals surface area contributed by atoms with Gasteiger partial charge in [0.25, 0.3) is 0 Å². The molecule has 0 heterocycles. The fraction of sp³-hybridized carbons (Fsp3) is 0.333. The number of hydrogen-bond donors (Lipinski definition) is 4. The van der Waals surface area contributed by atoms with Crippen molar-refractivity contribution in [2.45, 2.75) is 25.6 Å². The number of aliphatic hydroxyl groups excluding tert-OH is 1. The van der Waals surface area contributed by atoms with Gasteiger partial charge in [0.15, 0.2) is 0 Å². The van der Waals surface area contributed by atoms with Crippen molar-refractivity contribution in [1.82, 2.24) is 10.6 Å². The predicted octanol–water partition coefficient (Wildman–Crippen LogP) is 1.41. The second-order valence-corrected chi connectivity index (χ2v) is 4.86. The monoisotopic (exact) mass is 309 g/mol. The number of nitrogens with one attached hydrogen (secondary N) is 3.